The predicted octanol–water partition coefficient (Wildman–Crippen LogP) is 6.43. The molecule has 168 valence electrons. The van der Waals surface area contributed by atoms with E-state index >= 15 is 0 Å². The van der Waals surface area contributed by atoms with E-state index in [9.17, 15) is 10.1 Å². The minimum atomic E-state index is -0.455. The summed E-state index contributed by atoms with van der Waals surface area (Å²) < 4.78 is 12.9. The van der Waals surface area contributed by atoms with Crippen LogP contribution in [0.15, 0.2) is 66.2 Å². The van der Waals surface area contributed by atoms with Gasteiger partial charge in [-0.1, -0.05) is 30.3 Å². The Bertz CT molecular complexity index is 1210. The van der Waals surface area contributed by atoms with Gasteiger partial charge in [0.15, 0.2) is 11.5 Å². The van der Waals surface area contributed by atoms with Crippen molar-refractivity contribution in [1.29, 1.82) is 5.26 Å². The summed E-state index contributed by atoms with van der Waals surface area (Å²) in [6.45, 7) is 6.68. The number of hydrogen-bond acceptors (Lipinski definition) is 4. The molecule has 0 aliphatic rings. The van der Waals surface area contributed by atoms with Crippen LogP contribution in [0.5, 0.6) is 11.5 Å². The number of aryl methyl sites for hydroxylation is 1. The Morgan fingerprint density at radius 2 is 1.82 bits per heavy atom. The van der Waals surface area contributed by atoms with Crippen molar-refractivity contribution >= 4 is 40.3 Å². The van der Waals surface area contributed by atoms with Crippen molar-refractivity contribution < 1.29 is 14.3 Å². The molecule has 0 radical (unpaired) electrons. The van der Waals surface area contributed by atoms with Crippen molar-refractivity contribution in [2.75, 3.05) is 11.9 Å². The Morgan fingerprint density at radius 1 is 1.06 bits per heavy atom. The van der Waals surface area contributed by atoms with Crippen LogP contribution < -0.4 is 14.8 Å². The van der Waals surface area contributed by atoms with Crippen molar-refractivity contribution in [2.24, 2.45) is 0 Å². The number of hydrogen-bond donors (Lipinski definition) is 1. The van der Waals surface area contributed by atoms with Gasteiger partial charge in [0.25, 0.3) is 5.91 Å². The van der Waals surface area contributed by atoms with Crippen molar-refractivity contribution in [3.8, 4) is 17.6 Å². The number of nitriles is 1. The summed E-state index contributed by atoms with van der Waals surface area (Å²) in [5, 5.41) is 12.4. The summed E-state index contributed by atoms with van der Waals surface area (Å²) in [4.78, 5) is 12.7. The van der Waals surface area contributed by atoms with Crippen molar-refractivity contribution in [1.82, 2.24) is 0 Å². The van der Waals surface area contributed by atoms with Crippen molar-refractivity contribution in [2.45, 2.75) is 27.4 Å². The van der Waals surface area contributed by atoms with Gasteiger partial charge in [-0.15, -0.1) is 0 Å². The van der Waals surface area contributed by atoms with Gasteiger partial charge in [0.05, 0.1) is 6.61 Å². The normalized spacial score (nSPS) is 10.9. The van der Waals surface area contributed by atoms with E-state index in [1.807, 2.05) is 69.3 Å². The average Bonchev–Trinajstić information content (AvgIpc) is 2.81. The van der Waals surface area contributed by atoms with Gasteiger partial charge in [-0.25, -0.2) is 0 Å². The summed E-state index contributed by atoms with van der Waals surface area (Å²) in [6.07, 6.45) is 1.55. The number of nitrogens with zero attached hydrogens (tertiary/aromatic N) is 1. The van der Waals surface area contributed by atoms with Gasteiger partial charge in [0.2, 0.25) is 0 Å². The second-order valence-electron chi connectivity index (χ2n) is 7.43. The molecule has 0 bridgehead atoms. The standard InChI is InChI=1S/C27H25IN2O3/c1-4-32-26-15-21(10-13-25(26)33-17-20-8-11-23(28)12-9-20)14-22(16-29)27(31)30-24-7-5-6-18(2)19(24)3/h5-15H,4,17H2,1-3H3,(H,30,31)/b22-14+. The Labute approximate surface area is 208 Å². The van der Waals surface area contributed by atoms with Crippen LogP contribution in [-0.2, 0) is 11.4 Å². The third kappa shape index (κ3) is 6.59. The molecule has 3 aromatic carbocycles. The highest BCUT2D eigenvalue weighted by Gasteiger charge is 2.13. The smallest absolute Gasteiger partial charge is 0.266 e. The third-order valence-corrected chi connectivity index (χ3v) is 5.82. The van der Waals surface area contributed by atoms with E-state index in [4.69, 9.17) is 9.47 Å². The lowest BCUT2D eigenvalue weighted by Gasteiger charge is -2.13. The first-order valence-electron chi connectivity index (χ1n) is 10.5. The zero-order chi connectivity index (χ0) is 23.8. The highest BCUT2D eigenvalue weighted by atomic mass is 127. The molecule has 3 aromatic rings. The Morgan fingerprint density at radius 3 is 2.52 bits per heavy atom. The largest absolute Gasteiger partial charge is 0.490 e. The van der Waals surface area contributed by atoms with Crippen LogP contribution in [0, 0.1) is 28.7 Å². The van der Waals surface area contributed by atoms with Gasteiger partial charge < -0.3 is 14.8 Å². The first-order chi connectivity index (χ1) is 15.9. The molecule has 0 fully saturated rings. The molecule has 0 aromatic heterocycles. The topological polar surface area (TPSA) is 71.3 Å². The van der Waals surface area contributed by atoms with E-state index < -0.39 is 5.91 Å². The zero-order valence-electron chi connectivity index (χ0n) is 18.8. The lowest BCUT2D eigenvalue weighted by Crippen LogP contribution is -2.14. The number of benzene rings is 3. The number of amides is 1. The van der Waals surface area contributed by atoms with E-state index in [1.165, 1.54) is 0 Å². The molecule has 33 heavy (non-hydrogen) atoms. The molecule has 0 unspecified atom stereocenters. The van der Waals surface area contributed by atoms with E-state index in [-0.39, 0.29) is 5.57 Å². The number of halogens is 1. The zero-order valence-corrected chi connectivity index (χ0v) is 21.0. The highest BCUT2D eigenvalue weighted by Crippen LogP contribution is 2.30. The second-order valence-corrected chi connectivity index (χ2v) is 8.67. The monoisotopic (exact) mass is 552 g/mol. The van der Waals surface area contributed by atoms with Crippen LogP contribution >= 0.6 is 22.6 Å². The minimum Gasteiger partial charge on any atom is -0.490 e. The van der Waals surface area contributed by atoms with Crippen molar-refractivity contribution in [3.05, 3.63) is 92.1 Å². The van der Waals surface area contributed by atoms with Gasteiger partial charge in [-0.05, 0) is 102 Å². The molecule has 1 N–H and O–H groups in total. The molecule has 0 spiro atoms. The molecule has 0 saturated heterocycles. The van der Waals surface area contributed by atoms with Gasteiger partial charge >= 0.3 is 0 Å². The number of ether oxygens (including phenoxy) is 2. The number of nitrogens with one attached hydrogen (secondary N) is 1. The molecule has 5 nitrogen and oxygen atoms in total. The first-order valence-corrected chi connectivity index (χ1v) is 11.6. The van der Waals surface area contributed by atoms with Crippen LogP contribution in [0.3, 0.4) is 0 Å². The lowest BCUT2D eigenvalue weighted by atomic mass is 10.1. The van der Waals surface area contributed by atoms with E-state index in [0.717, 1.165) is 20.3 Å². The van der Waals surface area contributed by atoms with Crippen LogP contribution in [-0.4, -0.2) is 12.5 Å². The minimum absolute atomic E-state index is 0.00547. The fourth-order valence-corrected chi connectivity index (χ4v) is 3.49. The van der Waals surface area contributed by atoms with Gasteiger partial charge in [-0.3, -0.25) is 4.79 Å². The molecule has 3 rings (SSSR count). The van der Waals surface area contributed by atoms with Gasteiger partial charge in [0, 0.05) is 9.26 Å². The lowest BCUT2D eigenvalue weighted by molar-refractivity contribution is -0.112. The molecular weight excluding hydrogens is 527 g/mol. The molecule has 6 heteroatoms. The molecule has 0 saturated carbocycles. The fourth-order valence-electron chi connectivity index (χ4n) is 3.14. The highest BCUT2D eigenvalue weighted by molar-refractivity contribution is 14.1. The quantitative estimate of drug-likeness (QED) is 0.199. The molecule has 0 aliphatic carbocycles. The summed E-state index contributed by atoms with van der Waals surface area (Å²) in [7, 11) is 0. The maximum absolute atomic E-state index is 12.7. The van der Waals surface area contributed by atoms with Crippen LogP contribution in [0.1, 0.15) is 29.2 Å². The van der Waals surface area contributed by atoms with Crippen LogP contribution in [0.25, 0.3) is 6.08 Å². The summed E-state index contributed by atoms with van der Waals surface area (Å²) in [5.41, 5.74) is 4.46. The number of rotatable bonds is 8. The maximum Gasteiger partial charge on any atom is 0.266 e. The molecule has 0 aliphatic heterocycles. The van der Waals surface area contributed by atoms with Crippen LogP contribution in [0.4, 0.5) is 5.69 Å². The molecular formula is C27H25IN2O3. The predicted molar refractivity (Wildman–Crippen MR) is 139 cm³/mol. The first kappa shape index (κ1) is 24.3. The molecule has 1 amide bonds. The van der Waals surface area contributed by atoms with E-state index in [2.05, 4.69) is 27.9 Å². The van der Waals surface area contributed by atoms with Gasteiger partial charge in [0.1, 0.15) is 18.2 Å². The summed E-state index contributed by atoms with van der Waals surface area (Å²) in [5.74, 6) is 0.707. The SMILES string of the molecule is CCOc1cc(/C=C(\C#N)C(=O)Nc2cccc(C)c2C)ccc1OCc1ccc(I)cc1. The average molecular weight is 552 g/mol. The Hall–Kier alpha value is -3.31. The third-order valence-electron chi connectivity index (χ3n) is 5.10. The Balaban J connectivity index is 1.79. The molecule has 0 heterocycles. The van der Waals surface area contributed by atoms with E-state index in [1.54, 1.807) is 24.3 Å². The fraction of sp³-hybridized carbons (Fsp3) is 0.185. The summed E-state index contributed by atoms with van der Waals surface area (Å²) >= 11 is 2.26. The number of carbonyl (C=O) groups is 1. The number of carbonyl (C=O) groups excluding carboxylic acids is 1. The van der Waals surface area contributed by atoms with E-state index in [0.29, 0.717) is 36.0 Å². The maximum atomic E-state index is 12.7. The van der Waals surface area contributed by atoms with Crippen molar-refractivity contribution in [3.63, 3.8) is 0 Å². The Kier molecular flexibility index (Phi) is 8.50. The van der Waals surface area contributed by atoms with Gasteiger partial charge in [-0.2, -0.15) is 5.26 Å². The molecule has 0 atom stereocenters. The second kappa shape index (κ2) is 11.5. The van der Waals surface area contributed by atoms with Crippen LogP contribution in [0.2, 0.25) is 0 Å². The summed E-state index contributed by atoms with van der Waals surface area (Å²) in [6, 6.07) is 21.1. The number of anilines is 1.